The first-order chi connectivity index (χ1) is 13.6. The number of benzene rings is 1. The Hall–Kier alpha value is -2.18. The largest absolute Gasteiger partial charge is 0.344 e. The first-order valence-corrected chi connectivity index (χ1v) is 11.5. The van der Waals surface area contributed by atoms with Crippen LogP contribution in [-0.4, -0.2) is 10.5 Å². The van der Waals surface area contributed by atoms with E-state index >= 15 is 0 Å². The van der Waals surface area contributed by atoms with Gasteiger partial charge in [0.1, 0.15) is 0 Å². The number of nitrogens with one attached hydrogen (secondary N) is 1. The van der Waals surface area contributed by atoms with Gasteiger partial charge in [0, 0.05) is 28.9 Å². The van der Waals surface area contributed by atoms with Crippen LogP contribution in [0.15, 0.2) is 45.9 Å². The first-order valence-electron chi connectivity index (χ1n) is 9.71. The van der Waals surface area contributed by atoms with E-state index in [2.05, 4.69) is 29.6 Å². The van der Waals surface area contributed by atoms with Gasteiger partial charge in [-0.1, -0.05) is 35.6 Å². The Balaban J connectivity index is 1.52. The van der Waals surface area contributed by atoms with Gasteiger partial charge in [0.25, 0.3) is 0 Å². The number of fused-ring (bicyclic) bond motifs is 1. The molecule has 1 aromatic carbocycles. The molecule has 0 fully saturated rings. The summed E-state index contributed by atoms with van der Waals surface area (Å²) < 4.78 is 1.67. The molecule has 1 N–H and O–H groups in total. The second-order valence-corrected chi connectivity index (χ2v) is 9.10. The van der Waals surface area contributed by atoms with E-state index in [1.54, 1.807) is 15.9 Å². The number of amides is 1. The summed E-state index contributed by atoms with van der Waals surface area (Å²) in [5, 5.41) is 7.08. The fourth-order valence-corrected chi connectivity index (χ4v) is 5.39. The number of hydrogen-bond donors (Lipinski definition) is 1. The van der Waals surface area contributed by atoms with Crippen molar-refractivity contribution in [2.75, 3.05) is 0 Å². The maximum absolute atomic E-state index is 12.7. The fraction of sp³-hybridized carbons (Fsp3) is 0.364. The summed E-state index contributed by atoms with van der Waals surface area (Å²) >= 11 is 2.84. The molecule has 2 aromatic heterocycles. The van der Waals surface area contributed by atoms with Crippen molar-refractivity contribution in [3.63, 3.8) is 0 Å². The number of thiophene rings is 1. The van der Waals surface area contributed by atoms with Crippen LogP contribution in [0.2, 0.25) is 0 Å². The molecular formula is C22H24N2O2S2. The van der Waals surface area contributed by atoms with Gasteiger partial charge in [-0.05, 0) is 60.7 Å². The minimum atomic E-state index is -0.139. The highest BCUT2D eigenvalue weighted by molar-refractivity contribution is 7.10. The maximum atomic E-state index is 12.7. The van der Waals surface area contributed by atoms with Crippen molar-refractivity contribution in [1.29, 1.82) is 0 Å². The molecular weight excluding hydrogens is 388 g/mol. The van der Waals surface area contributed by atoms with Gasteiger partial charge in [-0.25, -0.2) is 0 Å². The minimum absolute atomic E-state index is 0.00482. The van der Waals surface area contributed by atoms with Gasteiger partial charge in [0.2, 0.25) is 5.91 Å². The molecule has 0 bridgehead atoms. The average Bonchev–Trinajstić information content (AvgIpc) is 3.35. The lowest BCUT2D eigenvalue weighted by molar-refractivity contribution is -0.121. The Kier molecular flexibility index (Phi) is 5.78. The van der Waals surface area contributed by atoms with E-state index in [9.17, 15) is 9.59 Å². The molecule has 4 rings (SSSR count). The predicted octanol–water partition coefficient (Wildman–Crippen LogP) is 4.45. The van der Waals surface area contributed by atoms with Crippen LogP contribution in [0.4, 0.5) is 0 Å². The smallest absolute Gasteiger partial charge is 0.307 e. The zero-order valence-corrected chi connectivity index (χ0v) is 17.6. The fourth-order valence-electron chi connectivity index (χ4n) is 3.83. The highest BCUT2D eigenvalue weighted by Gasteiger charge is 2.20. The van der Waals surface area contributed by atoms with Crippen molar-refractivity contribution >= 4 is 28.6 Å². The molecule has 0 saturated carbocycles. The molecule has 0 aliphatic heterocycles. The van der Waals surface area contributed by atoms with Crippen LogP contribution in [0.1, 0.15) is 52.6 Å². The topological polar surface area (TPSA) is 51.1 Å². The molecule has 1 unspecified atom stereocenters. The number of carbonyl (C=O) groups excluding carboxylic acids is 1. The normalized spacial score (nSPS) is 14.5. The summed E-state index contributed by atoms with van der Waals surface area (Å²) in [5.41, 5.74) is 4.91. The number of aryl methyl sites for hydroxylation is 3. The average molecular weight is 413 g/mol. The quantitative estimate of drug-likeness (QED) is 0.650. The molecule has 2 heterocycles. The van der Waals surface area contributed by atoms with E-state index in [-0.39, 0.29) is 16.8 Å². The molecule has 0 radical (unpaired) electrons. The van der Waals surface area contributed by atoms with E-state index in [0.717, 1.165) is 29.0 Å². The summed E-state index contributed by atoms with van der Waals surface area (Å²) in [5.74, 6) is -0.0337. The molecule has 4 nitrogen and oxygen atoms in total. The van der Waals surface area contributed by atoms with Crippen molar-refractivity contribution in [2.45, 2.75) is 51.6 Å². The minimum Gasteiger partial charge on any atom is -0.344 e. The van der Waals surface area contributed by atoms with E-state index < -0.39 is 0 Å². The molecule has 1 amide bonds. The molecule has 0 saturated heterocycles. The van der Waals surface area contributed by atoms with Crippen LogP contribution in [0.3, 0.4) is 0 Å². The van der Waals surface area contributed by atoms with Crippen molar-refractivity contribution in [3.8, 4) is 0 Å². The summed E-state index contributed by atoms with van der Waals surface area (Å²) in [4.78, 5) is 25.7. The summed E-state index contributed by atoms with van der Waals surface area (Å²) in [6.07, 6.45) is 5.07. The highest BCUT2D eigenvalue weighted by Crippen LogP contribution is 2.30. The predicted molar refractivity (Wildman–Crippen MR) is 115 cm³/mol. The Morgan fingerprint density at radius 1 is 1.18 bits per heavy atom. The number of aromatic nitrogens is 1. The summed E-state index contributed by atoms with van der Waals surface area (Å²) in [6, 6.07) is 10.6. The molecule has 28 heavy (non-hydrogen) atoms. The molecule has 3 aromatic rings. The molecule has 1 atom stereocenters. The molecule has 6 heteroatoms. The van der Waals surface area contributed by atoms with Crippen molar-refractivity contribution < 1.29 is 4.79 Å². The molecule has 1 aliphatic carbocycles. The Morgan fingerprint density at radius 2 is 2.00 bits per heavy atom. The first kappa shape index (κ1) is 19.2. The van der Waals surface area contributed by atoms with Crippen molar-refractivity contribution in [3.05, 3.63) is 78.0 Å². The molecule has 146 valence electrons. The summed E-state index contributed by atoms with van der Waals surface area (Å²) in [6.45, 7) is 2.32. The van der Waals surface area contributed by atoms with Gasteiger partial charge in [0.15, 0.2) is 0 Å². The summed E-state index contributed by atoms with van der Waals surface area (Å²) in [7, 11) is 0. The lowest BCUT2D eigenvalue weighted by Crippen LogP contribution is -2.30. The van der Waals surface area contributed by atoms with E-state index in [0.29, 0.717) is 13.0 Å². The number of carbonyl (C=O) groups is 1. The van der Waals surface area contributed by atoms with Gasteiger partial charge in [0.05, 0.1) is 6.04 Å². The monoisotopic (exact) mass is 412 g/mol. The Morgan fingerprint density at radius 3 is 2.71 bits per heavy atom. The third kappa shape index (κ3) is 4.13. The van der Waals surface area contributed by atoms with Gasteiger partial charge in [-0.3, -0.25) is 9.59 Å². The Labute approximate surface area is 172 Å². The second kappa shape index (κ2) is 8.45. The van der Waals surface area contributed by atoms with Crippen LogP contribution in [0.25, 0.3) is 0 Å². The van der Waals surface area contributed by atoms with E-state index in [1.165, 1.54) is 35.3 Å². The lowest BCUT2D eigenvalue weighted by Gasteiger charge is -2.22. The third-order valence-corrected chi connectivity index (χ3v) is 7.20. The zero-order chi connectivity index (χ0) is 19.5. The second-order valence-electron chi connectivity index (χ2n) is 7.30. The van der Waals surface area contributed by atoms with Crippen LogP contribution in [-0.2, 0) is 24.2 Å². The van der Waals surface area contributed by atoms with Gasteiger partial charge in [-0.15, -0.1) is 11.3 Å². The van der Waals surface area contributed by atoms with Gasteiger partial charge < -0.3 is 9.88 Å². The van der Waals surface area contributed by atoms with Gasteiger partial charge in [-0.2, -0.15) is 0 Å². The van der Waals surface area contributed by atoms with Crippen LogP contribution < -0.4 is 10.2 Å². The van der Waals surface area contributed by atoms with Gasteiger partial charge >= 0.3 is 4.87 Å². The third-order valence-electron chi connectivity index (χ3n) is 5.38. The molecule has 1 aliphatic rings. The SMILES string of the molecule is Cc1csc(=O)n1CCC(=O)NC(c1ccc2c(c1)CCCC2)c1cccs1. The van der Waals surface area contributed by atoms with E-state index in [4.69, 9.17) is 0 Å². The van der Waals surface area contributed by atoms with E-state index in [1.807, 2.05) is 23.8 Å². The number of rotatable bonds is 6. The lowest BCUT2D eigenvalue weighted by atomic mass is 9.89. The number of nitrogens with zero attached hydrogens (tertiary/aromatic N) is 1. The maximum Gasteiger partial charge on any atom is 0.307 e. The van der Waals surface area contributed by atoms with Crippen LogP contribution >= 0.6 is 22.7 Å². The highest BCUT2D eigenvalue weighted by atomic mass is 32.1. The number of hydrogen-bond acceptors (Lipinski definition) is 4. The van der Waals surface area contributed by atoms with Crippen molar-refractivity contribution in [2.24, 2.45) is 0 Å². The van der Waals surface area contributed by atoms with Crippen LogP contribution in [0.5, 0.6) is 0 Å². The number of thiazole rings is 1. The van der Waals surface area contributed by atoms with Crippen LogP contribution in [0, 0.1) is 6.92 Å². The molecule has 0 spiro atoms. The Bertz CT molecular complexity index is 1020. The zero-order valence-electron chi connectivity index (χ0n) is 15.9. The van der Waals surface area contributed by atoms with Crippen molar-refractivity contribution in [1.82, 2.24) is 9.88 Å². The standard InChI is InChI=1S/C22H24N2O2S2/c1-15-14-28-22(26)24(15)11-10-20(25)23-21(19-7-4-12-27-19)18-9-8-16-5-2-3-6-17(16)13-18/h4,7-9,12-14,21H,2-3,5-6,10-11H2,1H3,(H,23,25).